The van der Waals surface area contributed by atoms with Crippen LogP contribution in [0.2, 0.25) is 0 Å². The number of benzene rings is 2. The molecular weight excluding hydrogens is 919 g/mol. The van der Waals surface area contributed by atoms with E-state index < -0.39 is 46.5 Å². The molecule has 72 heavy (non-hydrogen) atoms. The smallest absolute Gasteiger partial charge is 0.311 e. The Morgan fingerprint density at radius 3 is 1.57 bits per heavy atom. The number of nitrogens with zero attached hydrogens (tertiary/aromatic N) is 1. The van der Waals surface area contributed by atoms with Crippen LogP contribution in [0.15, 0.2) is 60.7 Å². The average Bonchev–Trinajstić information content (AvgIpc) is 3.38. The summed E-state index contributed by atoms with van der Waals surface area (Å²) in [6.45, 7) is 13.8. The largest absolute Gasteiger partial charge is 0.481 e. The number of nitriles is 1. The lowest BCUT2D eigenvalue weighted by Crippen LogP contribution is -2.35. The number of carbonyl (C=O) groups is 4. The fourth-order valence-electron chi connectivity index (χ4n) is 9.93. The number of hydrogen-bond donors (Lipinski definition) is 1. The molecule has 2 rings (SSSR count). The Balaban J connectivity index is 2.12. The van der Waals surface area contributed by atoms with Crippen LogP contribution < -0.4 is 0 Å². The molecule has 10 heteroatoms. The summed E-state index contributed by atoms with van der Waals surface area (Å²) in [7, 11) is 0. The lowest BCUT2D eigenvalue weighted by atomic mass is 9.71. The number of rotatable bonds is 45. The zero-order valence-electron chi connectivity index (χ0n) is 46.1. The van der Waals surface area contributed by atoms with Crippen LogP contribution in [-0.4, -0.2) is 54.6 Å². The lowest BCUT2D eigenvalue weighted by molar-refractivity contribution is -0.158. The molecule has 5 unspecified atom stereocenters. The van der Waals surface area contributed by atoms with E-state index in [-0.39, 0.29) is 49.9 Å². The number of ether oxygens (including phenoxy) is 3. The summed E-state index contributed by atoms with van der Waals surface area (Å²) in [4.78, 5) is 55.3. The summed E-state index contributed by atoms with van der Waals surface area (Å²) in [5, 5.41) is 21.4. The van der Waals surface area contributed by atoms with Gasteiger partial charge in [-0.05, 0) is 95.1 Å². The molecule has 0 aliphatic carbocycles. The third-order valence-electron chi connectivity index (χ3n) is 14.5. The summed E-state index contributed by atoms with van der Waals surface area (Å²) in [5.74, 6) is -4.37. The Kier molecular flexibility index (Phi) is 35.6. The lowest BCUT2D eigenvalue weighted by Gasteiger charge is -2.34. The second-order valence-electron chi connectivity index (χ2n) is 21.7. The second kappa shape index (κ2) is 39.7. The second-order valence-corrected chi connectivity index (χ2v) is 22.6. The van der Waals surface area contributed by atoms with E-state index in [1.807, 2.05) is 55.5 Å². The molecule has 406 valence electrons. The van der Waals surface area contributed by atoms with Crippen molar-refractivity contribution in [2.24, 2.45) is 28.6 Å². The SMILES string of the molecule is CCCCCCCCCCCCOCCCCOC(=O)C(C)(C)CC(CC(CC(C#N)CC(C)(CC(CC)c1ccccc1)C(=O)SCc1ccccc1)C(=O)O)C(=O)OCCCCCCCCCCCC. The average molecular weight is 1020 g/mol. The molecule has 2 aromatic rings. The van der Waals surface area contributed by atoms with Crippen molar-refractivity contribution in [2.45, 2.75) is 233 Å². The zero-order valence-corrected chi connectivity index (χ0v) is 46.9. The van der Waals surface area contributed by atoms with Gasteiger partial charge in [0, 0.05) is 30.3 Å². The number of hydrogen-bond acceptors (Lipinski definition) is 9. The third-order valence-corrected chi connectivity index (χ3v) is 15.7. The first kappa shape index (κ1) is 64.4. The Morgan fingerprint density at radius 1 is 0.583 bits per heavy atom. The van der Waals surface area contributed by atoms with E-state index in [0.717, 1.165) is 56.3 Å². The van der Waals surface area contributed by atoms with E-state index in [9.17, 15) is 29.5 Å². The van der Waals surface area contributed by atoms with E-state index >= 15 is 0 Å². The minimum Gasteiger partial charge on any atom is -0.481 e. The summed E-state index contributed by atoms with van der Waals surface area (Å²) in [6.07, 6.45) is 27.0. The predicted octanol–water partition coefficient (Wildman–Crippen LogP) is 16.8. The summed E-state index contributed by atoms with van der Waals surface area (Å²) >= 11 is 1.24. The van der Waals surface area contributed by atoms with Gasteiger partial charge in [-0.25, -0.2) is 0 Å². The number of esters is 2. The normalized spacial score (nSPS) is 14.1. The molecule has 0 spiro atoms. The number of unbranched alkanes of at least 4 members (excludes halogenated alkanes) is 19. The number of aliphatic carboxylic acids is 1. The van der Waals surface area contributed by atoms with Crippen LogP contribution >= 0.6 is 11.8 Å². The van der Waals surface area contributed by atoms with E-state index in [1.54, 1.807) is 13.8 Å². The van der Waals surface area contributed by atoms with Gasteiger partial charge in [0.05, 0.1) is 36.5 Å². The summed E-state index contributed by atoms with van der Waals surface area (Å²) < 4.78 is 17.5. The molecule has 0 amide bonds. The minimum absolute atomic E-state index is 0.0292. The van der Waals surface area contributed by atoms with Crippen molar-refractivity contribution < 1.29 is 38.5 Å². The first-order valence-corrected chi connectivity index (χ1v) is 29.6. The molecule has 0 aromatic heterocycles. The third kappa shape index (κ3) is 28.7. The van der Waals surface area contributed by atoms with E-state index in [0.29, 0.717) is 31.6 Å². The standard InChI is InChI=1S/C62H99NO8S/c1-7-10-12-14-16-18-20-22-24-32-40-69-41-34-35-43-71-59(67)61(4,5)47-56(58(66)70-42-33-25-23-21-19-17-15-13-11-8-2)45-55(57(64)65)44-52(49-63)46-62(6,48-53(9-3)54-38-30-27-31-39-54)60(68)72-50-51-36-28-26-29-37-51/h26-31,36-39,52-53,55-56H,7-25,32-35,40-48,50H2,1-6H3,(H,64,65). The van der Waals surface area contributed by atoms with Crippen LogP contribution in [0.5, 0.6) is 0 Å². The molecule has 2 aromatic carbocycles. The van der Waals surface area contributed by atoms with Gasteiger partial charge in [-0.1, -0.05) is 216 Å². The molecule has 0 radical (unpaired) electrons. The summed E-state index contributed by atoms with van der Waals surface area (Å²) in [6, 6.07) is 22.3. The Morgan fingerprint density at radius 2 is 1.06 bits per heavy atom. The number of thioether (sulfide) groups is 1. The van der Waals surface area contributed by atoms with E-state index in [4.69, 9.17) is 14.2 Å². The van der Waals surface area contributed by atoms with Gasteiger partial charge in [-0.15, -0.1) is 0 Å². The predicted molar refractivity (Wildman–Crippen MR) is 297 cm³/mol. The van der Waals surface area contributed by atoms with Crippen molar-refractivity contribution in [1.29, 1.82) is 5.26 Å². The fraction of sp³-hybridized carbons (Fsp3) is 0.726. The number of carboxylic acid groups (broad SMARTS) is 1. The first-order valence-electron chi connectivity index (χ1n) is 28.6. The highest BCUT2D eigenvalue weighted by atomic mass is 32.2. The molecule has 0 saturated carbocycles. The van der Waals surface area contributed by atoms with Crippen LogP contribution in [0, 0.1) is 39.9 Å². The Labute approximate surface area is 442 Å². The van der Waals surface area contributed by atoms with Crippen molar-refractivity contribution in [1.82, 2.24) is 0 Å². The van der Waals surface area contributed by atoms with Gasteiger partial charge in [0.25, 0.3) is 0 Å². The number of carbonyl (C=O) groups excluding carboxylic acids is 3. The highest BCUT2D eigenvalue weighted by molar-refractivity contribution is 8.13. The van der Waals surface area contributed by atoms with Crippen LogP contribution in [0.25, 0.3) is 0 Å². The Hall–Kier alpha value is -3.68. The highest BCUT2D eigenvalue weighted by Gasteiger charge is 2.42. The molecule has 0 fully saturated rings. The molecule has 5 atom stereocenters. The van der Waals surface area contributed by atoms with Gasteiger partial charge in [0.1, 0.15) is 0 Å². The summed E-state index contributed by atoms with van der Waals surface area (Å²) in [5.41, 5.74) is 0.0804. The van der Waals surface area contributed by atoms with Crippen molar-refractivity contribution in [3.05, 3.63) is 71.8 Å². The maximum atomic E-state index is 14.4. The molecular formula is C62H99NO8S. The van der Waals surface area contributed by atoms with Crippen LogP contribution in [-0.2, 0) is 39.1 Å². The fourth-order valence-corrected chi connectivity index (χ4v) is 10.9. The Bertz CT molecular complexity index is 1760. The van der Waals surface area contributed by atoms with Gasteiger partial charge in [-0.2, -0.15) is 5.26 Å². The zero-order chi connectivity index (χ0) is 52.7. The van der Waals surface area contributed by atoms with Gasteiger partial charge < -0.3 is 19.3 Å². The van der Waals surface area contributed by atoms with Crippen molar-refractivity contribution in [3.8, 4) is 6.07 Å². The number of carboxylic acids is 1. The highest BCUT2D eigenvalue weighted by Crippen LogP contribution is 2.44. The van der Waals surface area contributed by atoms with Gasteiger partial charge in [0.15, 0.2) is 5.12 Å². The van der Waals surface area contributed by atoms with Crippen LogP contribution in [0.4, 0.5) is 0 Å². The van der Waals surface area contributed by atoms with Gasteiger partial charge in [0.2, 0.25) is 0 Å². The molecule has 1 N–H and O–H groups in total. The maximum absolute atomic E-state index is 14.4. The molecule has 0 aliphatic rings. The quantitative estimate of drug-likeness (QED) is 0.0504. The van der Waals surface area contributed by atoms with Crippen molar-refractivity contribution in [3.63, 3.8) is 0 Å². The van der Waals surface area contributed by atoms with Crippen molar-refractivity contribution in [2.75, 3.05) is 26.4 Å². The van der Waals surface area contributed by atoms with Crippen LogP contribution in [0.1, 0.15) is 238 Å². The maximum Gasteiger partial charge on any atom is 0.311 e. The topological polar surface area (TPSA) is 140 Å². The molecule has 0 saturated heterocycles. The monoisotopic (exact) mass is 1020 g/mol. The minimum atomic E-state index is -1.12. The molecule has 9 nitrogen and oxygen atoms in total. The van der Waals surface area contributed by atoms with Crippen molar-refractivity contribution >= 4 is 34.8 Å². The van der Waals surface area contributed by atoms with Crippen LogP contribution in [0.3, 0.4) is 0 Å². The van der Waals surface area contributed by atoms with Gasteiger partial charge in [-0.3, -0.25) is 19.2 Å². The van der Waals surface area contributed by atoms with E-state index in [2.05, 4.69) is 39.0 Å². The van der Waals surface area contributed by atoms with E-state index in [1.165, 1.54) is 108 Å². The molecule has 0 bridgehead atoms. The molecule has 0 heterocycles. The van der Waals surface area contributed by atoms with Gasteiger partial charge >= 0.3 is 17.9 Å². The molecule has 0 aliphatic heterocycles. The first-order chi connectivity index (χ1) is 34.8.